The van der Waals surface area contributed by atoms with Crippen molar-refractivity contribution in [1.82, 2.24) is 4.31 Å². The van der Waals surface area contributed by atoms with E-state index in [4.69, 9.17) is 5.11 Å². The van der Waals surface area contributed by atoms with Gasteiger partial charge in [-0.2, -0.15) is 17.5 Å². The molecule has 1 N–H and O–H groups in total. The van der Waals surface area contributed by atoms with Gasteiger partial charge in [0.1, 0.15) is 0 Å². The van der Waals surface area contributed by atoms with E-state index in [2.05, 4.69) is 0 Å². The number of hydrogen-bond acceptors (Lipinski definition) is 3. The molecule has 2 rings (SSSR count). The molecule has 1 heterocycles. The fraction of sp³-hybridized carbons (Fsp3) is 0.500. The van der Waals surface area contributed by atoms with Gasteiger partial charge in [-0.1, -0.05) is 6.07 Å². The Hall–Kier alpha value is -1.12. The third-order valence-corrected chi connectivity index (χ3v) is 5.25. The van der Waals surface area contributed by atoms with E-state index in [0.29, 0.717) is 18.9 Å². The van der Waals surface area contributed by atoms with E-state index >= 15 is 0 Å². The molecular formula is C12H14F3NO3S. The smallest absolute Gasteiger partial charge is 0.395 e. The highest BCUT2D eigenvalue weighted by molar-refractivity contribution is 7.89. The lowest BCUT2D eigenvalue weighted by molar-refractivity contribution is -0.137. The quantitative estimate of drug-likeness (QED) is 0.927. The van der Waals surface area contributed by atoms with Gasteiger partial charge < -0.3 is 5.11 Å². The highest BCUT2D eigenvalue weighted by Crippen LogP contribution is 2.32. The number of nitrogens with zero attached hydrogens (tertiary/aromatic N) is 1. The van der Waals surface area contributed by atoms with Crippen molar-refractivity contribution >= 4 is 10.0 Å². The van der Waals surface area contributed by atoms with Crippen LogP contribution in [0.25, 0.3) is 0 Å². The first kappa shape index (κ1) is 15.3. The summed E-state index contributed by atoms with van der Waals surface area (Å²) in [4.78, 5) is -0.396. The summed E-state index contributed by atoms with van der Waals surface area (Å²) in [5, 5.41) is 9.14. The topological polar surface area (TPSA) is 57.6 Å². The molecule has 1 aromatic rings. The first-order valence-corrected chi connectivity index (χ1v) is 7.51. The molecular weight excluding hydrogens is 295 g/mol. The van der Waals surface area contributed by atoms with Crippen LogP contribution in [0, 0.1) is 0 Å². The Morgan fingerprint density at radius 2 is 2.05 bits per heavy atom. The van der Waals surface area contributed by atoms with Crippen molar-refractivity contribution in [3.63, 3.8) is 0 Å². The molecule has 0 saturated carbocycles. The zero-order chi connectivity index (χ0) is 15.0. The summed E-state index contributed by atoms with van der Waals surface area (Å²) >= 11 is 0. The monoisotopic (exact) mass is 309 g/mol. The second-order valence-corrected chi connectivity index (χ2v) is 6.51. The number of sulfonamides is 1. The molecule has 8 heteroatoms. The van der Waals surface area contributed by atoms with Gasteiger partial charge in [0, 0.05) is 12.6 Å². The molecule has 1 saturated heterocycles. The van der Waals surface area contributed by atoms with Crippen LogP contribution in [-0.4, -0.2) is 37.0 Å². The maximum absolute atomic E-state index is 12.6. The van der Waals surface area contributed by atoms with Crippen LogP contribution in [0.2, 0.25) is 0 Å². The van der Waals surface area contributed by atoms with Gasteiger partial charge in [-0.3, -0.25) is 0 Å². The van der Waals surface area contributed by atoms with Crippen molar-refractivity contribution in [3.05, 3.63) is 29.8 Å². The average Bonchev–Trinajstić information content (AvgIpc) is 2.87. The van der Waals surface area contributed by atoms with Crippen LogP contribution in [0.5, 0.6) is 0 Å². The second-order valence-electron chi connectivity index (χ2n) is 4.62. The van der Waals surface area contributed by atoms with Crippen LogP contribution in [0.3, 0.4) is 0 Å². The van der Waals surface area contributed by atoms with Gasteiger partial charge in [0.2, 0.25) is 10.0 Å². The predicted molar refractivity (Wildman–Crippen MR) is 65.4 cm³/mol. The Balaban J connectivity index is 2.40. The van der Waals surface area contributed by atoms with Crippen LogP contribution in [-0.2, 0) is 16.2 Å². The third kappa shape index (κ3) is 2.82. The summed E-state index contributed by atoms with van der Waals surface area (Å²) in [6.45, 7) is -0.123. The molecule has 0 amide bonds. The van der Waals surface area contributed by atoms with Crippen molar-refractivity contribution in [2.24, 2.45) is 0 Å². The Bertz CT molecular complexity index is 586. The first-order valence-electron chi connectivity index (χ1n) is 6.07. The number of rotatable bonds is 3. The molecule has 20 heavy (non-hydrogen) atoms. The summed E-state index contributed by atoms with van der Waals surface area (Å²) in [6, 6.07) is 3.10. The SMILES string of the molecule is O=S(=O)(c1cccc(C(F)(F)F)c1)N1CCCC1CO. The summed E-state index contributed by atoms with van der Waals surface area (Å²) in [6.07, 6.45) is -3.50. The largest absolute Gasteiger partial charge is 0.416 e. The van der Waals surface area contributed by atoms with E-state index in [1.807, 2.05) is 0 Å². The summed E-state index contributed by atoms with van der Waals surface area (Å²) < 4.78 is 63.6. The molecule has 112 valence electrons. The second kappa shape index (κ2) is 5.34. The highest BCUT2D eigenvalue weighted by atomic mass is 32.2. The molecule has 1 fully saturated rings. The zero-order valence-corrected chi connectivity index (χ0v) is 11.3. The molecule has 0 spiro atoms. The first-order chi connectivity index (χ1) is 9.26. The van der Waals surface area contributed by atoms with Gasteiger partial charge in [-0.15, -0.1) is 0 Å². The summed E-state index contributed by atoms with van der Waals surface area (Å²) in [5.74, 6) is 0. The van der Waals surface area contributed by atoms with Crippen LogP contribution in [0.15, 0.2) is 29.2 Å². The molecule has 0 aliphatic carbocycles. The Morgan fingerprint density at radius 1 is 1.35 bits per heavy atom. The minimum atomic E-state index is -4.59. The Kier molecular flexibility index (Phi) is 4.08. The lowest BCUT2D eigenvalue weighted by atomic mass is 10.2. The standard InChI is InChI=1S/C12H14F3NO3S/c13-12(14,15)9-3-1-5-11(7-9)20(18,19)16-6-2-4-10(16)8-17/h1,3,5,7,10,17H,2,4,6,8H2. The third-order valence-electron chi connectivity index (χ3n) is 3.30. The average molecular weight is 309 g/mol. The fourth-order valence-corrected chi connectivity index (χ4v) is 4.01. The molecule has 0 bridgehead atoms. The van der Waals surface area contributed by atoms with Crippen molar-refractivity contribution in [3.8, 4) is 0 Å². The molecule has 0 radical (unpaired) electrons. The van der Waals surface area contributed by atoms with Crippen LogP contribution >= 0.6 is 0 Å². The van der Waals surface area contributed by atoms with Crippen LogP contribution in [0.4, 0.5) is 13.2 Å². The molecule has 1 aromatic carbocycles. The van der Waals surface area contributed by atoms with Crippen LogP contribution < -0.4 is 0 Å². The van der Waals surface area contributed by atoms with Gasteiger partial charge in [-0.05, 0) is 31.0 Å². The Morgan fingerprint density at radius 3 is 2.65 bits per heavy atom. The fourth-order valence-electron chi connectivity index (χ4n) is 2.28. The summed E-state index contributed by atoms with van der Waals surface area (Å²) in [7, 11) is -4.01. The van der Waals surface area contributed by atoms with Crippen LogP contribution in [0.1, 0.15) is 18.4 Å². The molecule has 1 atom stereocenters. The number of benzene rings is 1. The number of alkyl halides is 3. The highest BCUT2D eigenvalue weighted by Gasteiger charge is 2.37. The number of halogens is 3. The zero-order valence-electron chi connectivity index (χ0n) is 10.5. The van der Waals surface area contributed by atoms with E-state index in [1.54, 1.807) is 0 Å². The molecule has 0 aromatic heterocycles. The minimum Gasteiger partial charge on any atom is -0.395 e. The van der Waals surface area contributed by atoms with Gasteiger partial charge in [-0.25, -0.2) is 8.42 Å². The molecule has 4 nitrogen and oxygen atoms in total. The molecule has 1 aliphatic heterocycles. The van der Waals surface area contributed by atoms with Gasteiger partial charge in [0.05, 0.1) is 17.1 Å². The maximum Gasteiger partial charge on any atom is 0.416 e. The van der Waals surface area contributed by atoms with Gasteiger partial charge in [0.25, 0.3) is 0 Å². The van der Waals surface area contributed by atoms with E-state index < -0.39 is 32.7 Å². The van der Waals surface area contributed by atoms with Crippen molar-refractivity contribution < 1.29 is 26.7 Å². The van der Waals surface area contributed by atoms with E-state index in [-0.39, 0.29) is 13.2 Å². The van der Waals surface area contributed by atoms with Gasteiger partial charge >= 0.3 is 6.18 Å². The number of aliphatic hydroxyl groups excluding tert-OH is 1. The maximum atomic E-state index is 12.6. The normalized spacial score (nSPS) is 21.3. The van der Waals surface area contributed by atoms with Crippen molar-refractivity contribution in [1.29, 1.82) is 0 Å². The van der Waals surface area contributed by atoms with E-state index in [1.165, 1.54) is 0 Å². The lowest BCUT2D eigenvalue weighted by Gasteiger charge is -2.22. The predicted octanol–water partition coefficient (Wildman–Crippen LogP) is 1.85. The minimum absolute atomic E-state index is 0.212. The molecule has 1 unspecified atom stereocenters. The van der Waals surface area contributed by atoms with E-state index in [9.17, 15) is 21.6 Å². The van der Waals surface area contributed by atoms with Gasteiger partial charge in [0.15, 0.2) is 0 Å². The molecule has 1 aliphatic rings. The van der Waals surface area contributed by atoms with Crippen molar-refractivity contribution in [2.75, 3.05) is 13.2 Å². The van der Waals surface area contributed by atoms with E-state index in [0.717, 1.165) is 22.5 Å². The lowest BCUT2D eigenvalue weighted by Crippen LogP contribution is -2.37. The van der Waals surface area contributed by atoms with Crippen molar-refractivity contribution in [2.45, 2.75) is 30.0 Å². The number of hydrogen-bond donors (Lipinski definition) is 1. The Labute approximate surface area is 114 Å². The summed E-state index contributed by atoms with van der Waals surface area (Å²) in [5.41, 5.74) is -1.00. The number of aliphatic hydroxyl groups is 1.